The maximum Gasteiger partial charge on any atom is 0.291 e. The molecule has 8 rings (SSSR count). The molecule has 7 aromatic rings. The smallest absolute Gasteiger partial charge is 0.291 e. The van der Waals surface area contributed by atoms with Crippen molar-refractivity contribution in [3.63, 3.8) is 0 Å². The van der Waals surface area contributed by atoms with E-state index in [1.807, 2.05) is 0 Å². The topological polar surface area (TPSA) is 0 Å². The van der Waals surface area contributed by atoms with E-state index in [-0.39, 0.29) is 0 Å². The van der Waals surface area contributed by atoms with Gasteiger partial charge in [0.2, 0.25) is 0 Å². The average molecular weight is 566 g/mol. The molecule has 0 unspecified atom stereocenters. The molecule has 0 fully saturated rings. The summed E-state index contributed by atoms with van der Waals surface area (Å²) >= 11 is 0. The number of rotatable bonds is 4. The Morgan fingerprint density at radius 2 is 0.886 bits per heavy atom. The van der Waals surface area contributed by atoms with E-state index in [4.69, 9.17) is 0 Å². The summed E-state index contributed by atoms with van der Waals surface area (Å²) in [6, 6.07) is 59.1. The zero-order valence-corrected chi connectivity index (χ0v) is 25.4. The monoisotopic (exact) mass is 565 g/mol. The molecule has 1 heterocycles. The fraction of sp³-hybridized carbons (Fsp3) is 0.0952. The van der Waals surface area contributed by atoms with E-state index in [0.29, 0.717) is 0 Å². The van der Waals surface area contributed by atoms with Gasteiger partial charge in [-0.25, -0.2) is 0 Å². The minimum absolute atomic E-state index is 0.870. The Morgan fingerprint density at radius 1 is 0.432 bits per heavy atom. The van der Waals surface area contributed by atoms with Gasteiger partial charge < -0.3 is 4.39 Å². The predicted octanol–water partition coefficient (Wildman–Crippen LogP) is 8.84. The summed E-state index contributed by atoms with van der Waals surface area (Å²) in [5.41, 5.74) is 8.34. The zero-order valence-electron chi connectivity index (χ0n) is 25.4. The van der Waals surface area contributed by atoms with Gasteiger partial charge in [0.05, 0.1) is 0 Å². The lowest BCUT2D eigenvalue weighted by Crippen LogP contribution is -2.79. The number of quaternary nitrogens is 1. The van der Waals surface area contributed by atoms with Crippen LogP contribution in [-0.2, 0) is 0 Å². The molecular weight excluding hydrogens is 529 g/mol. The molecule has 0 bridgehead atoms. The van der Waals surface area contributed by atoms with E-state index in [2.05, 4.69) is 172 Å². The van der Waals surface area contributed by atoms with Crippen LogP contribution in [0.2, 0.25) is 0 Å². The highest BCUT2D eigenvalue weighted by atomic mass is 15.3. The van der Waals surface area contributed by atoms with Gasteiger partial charge in [-0.2, -0.15) is 0 Å². The number of nitrogens with zero attached hydrogens (tertiary/aromatic N) is 1. The van der Waals surface area contributed by atoms with Crippen molar-refractivity contribution in [3.8, 4) is 0 Å². The van der Waals surface area contributed by atoms with Crippen LogP contribution in [0, 0.1) is 0 Å². The normalized spacial score (nSPS) is 16.0. The van der Waals surface area contributed by atoms with E-state index < -0.39 is 6.28 Å². The Balaban J connectivity index is 1.56. The zero-order chi connectivity index (χ0) is 29.7. The molecule has 44 heavy (non-hydrogen) atoms. The van der Waals surface area contributed by atoms with Crippen LogP contribution in [0.1, 0.15) is 17.5 Å². The molecule has 0 saturated carbocycles. The fourth-order valence-electron chi connectivity index (χ4n) is 8.31. The molecule has 0 saturated heterocycles. The molecule has 0 spiro atoms. The highest BCUT2D eigenvalue weighted by Crippen LogP contribution is 2.44. The predicted molar refractivity (Wildman–Crippen MR) is 192 cm³/mol. The van der Waals surface area contributed by atoms with Gasteiger partial charge in [0.25, 0.3) is 6.28 Å². The number of hydrogen-bond acceptors (Lipinski definition) is 0. The first-order valence-corrected chi connectivity index (χ1v) is 15.8. The van der Waals surface area contributed by atoms with E-state index in [0.717, 1.165) is 17.4 Å². The number of hydrogen-bond donors (Lipinski definition) is 0. The Hall–Kier alpha value is -4.92. The first kappa shape index (κ1) is 26.7. The lowest BCUT2D eigenvalue weighted by molar-refractivity contribution is -0.786. The molecule has 0 aromatic heterocycles. The van der Waals surface area contributed by atoms with Crippen molar-refractivity contribution in [1.29, 1.82) is 0 Å². The van der Waals surface area contributed by atoms with E-state index >= 15 is 0 Å². The molecule has 0 aliphatic carbocycles. The molecule has 2 heteroatoms. The second-order valence-electron chi connectivity index (χ2n) is 13.1. The van der Waals surface area contributed by atoms with E-state index in [9.17, 15) is 0 Å². The molecule has 0 N–H and O–H groups in total. The Bertz CT molecular complexity index is 2130. The van der Waals surface area contributed by atoms with Gasteiger partial charge in [0.1, 0.15) is 0 Å². The van der Waals surface area contributed by atoms with Crippen molar-refractivity contribution < 1.29 is 4.39 Å². The van der Waals surface area contributed by atoms with Gasteiger partial charge in [0.15, 0.2) is 0 Å². The molecule has 0 amide bonds. The summed E-state index contributed by atoms with van der Waals surface area (Å²) in [6.45, 7) is 1.04. The van der Waals surface area contributed by atoms with E-state index in [1.165, 1.54) is 65.4 Å². The van der Waals surface area contributed by atoms with Crippen molar-refractivity contribution in [2.24, 2.45) is 0 Å². The summed E-state index contributed by atoms with van der Waals surface area (Å²) in [6.07, 6.45) is -0.495. The first-order chi connectivity index (χ1) is 21.5. The lowest BCUT2D eigenvalue weighted by atomic mass is 9.19. The number of fused-ring (bicyclic) bond motifs is 3. The fourth-order valence-corrected chi connectivity index (χ4v) is 8.31. The van der Waals surface area contributed by atoms with Crippen LogP contribution < -0.4 is 10.9 Å². The third-order valence-corrected chi connectivity index (χ3v) is 10.4. The van der Waals surface area contributed by atoms with Crippen LogP contribution in [0.3, 0.4) is 0 Å². The molecule has 1 aliphatic heterocycles. The quantitative estimate of drug-likeness (QED) is 0.187. The molecule has 212 valence electrons. The third-order valence-electron chi connectivity index (χ3n) is 10.4. The van der Waals surface area contributed by atoms with Crippen LogP contribution in [-0.4, -0.2) is 31.3 Å². The van der Waals surface area contributed by atoms with E-state index in [1.54, 1.807) is 0 Å². The van der Waals surface area contributed by atoms with Crippen LogP contribution >= 0.6 is 0 Å². The Labute approximate surface area is 260 Å². The maximum atomic E-state index is 2.49. The van der Waals surface area contributed by atoms with Crippen LogP contribution in [0.15, 0.2) is 158 Å². The molecule has 7 aromatic carbocycles. The summed E-state index contributed by atoms with van der Waals surface area (Å²) in [5, 5.41) is 7.69. The van der Waals surface area contributed by atoms with Crippen molar-refractivity contribution >= 4 is 60.6 Å². The average Bonchev–Trinajstić information content (AvgIpc) is 3.07. The molecule has 0 radical (unpaired) electrons. The Kier molecular flexibility index (Phi) is 6.29. The van der Waals surface area contributed by atoms with Gasteiger partial charge in [-0.05, 0) is 43.9 Å². The second-order valence-corrected chi connectivity index (χ2v) is 13.1. The lowest BCUT2D eigenvalue weighted by Gasteiger charge is -2.61. The van der Waals surface area contributed by atoms with Crippen LogP contribution in [0.5, 0.6) is 0 Å². The highest BCUT2D eigenvalue weighted by Gasteiger charge is 2.51. The standard InChI is InChI=1S/C42H36BN/c1-44(2)27-26-41(34-15-4-3-5-16-34)42(38-21-20-31-12-6-9-17-35(31)28-38)43(44,39-24-22-32-13-7-10-18-36(32)29-39)40-25-23-33-14-8-11-19-37(33)30-40/h3-25,28-30H,26-27H2,1-2H3. The molecular formula is C42H36BN. The molecule has 1 nitrogen and oxygen atoms in total. The Morgan fingerprint density at radius 3 is 1.43 bits per heavy atom. The van der Waals surface area contributed by atoms with Gasteiger partial charge in [-0.3, -0.25) is 0 Å². The summed E-state index contributed by atoms with van der Waals surface area (Å²) in [7, 11) is 4.93. The minimum atomic E-state index is -1.51. The molecule has 1 aliphatic rings. The summed E-state index contributed by atoms with van der Waals surface area (Å²) in [4.78, 5) is 0. The van der Waals surface area contributed by atoms with Gasteiger partial charge >= 0.3 is 0 Å². The maximum absolute atomic E-state index is 2.49. The van der Waals surface area contributed by atoms with Crippen molar-refractivity contribution in [2.45, 2.75) is 6.42 Å². The first-order valence-electron chi connectivity index (χ1n) is 15.8. The third kappa shape index (κ3) is 4.13. The van der Waals surface area contributed by atoms with Crippen molar-refractivity contribution in [3.05, 3.63) is 169 Å². The second kappa shape index (κ2) is 10.4. The van der Waals surface area contributed by atoms with Crippen molar-refractivity contribution in [2.75, 3.05) is 20.6 Å². The summed E-state index contributed by atoms with van der Waals surface area (Å²) < 4.78 is 0.870. The minimum Gasteiger partial charge on any atom is -0.508 e. The summed E-state index contributed by atoms with van der Waals surface area (Å²) in [5.74, 6) is 0. The largest absolute Gasteiger partial charge is 0.508 e. The van der Waals surface area contributed by atoms with Gasteiger partial charge in [-0.15, -0.1) is 16.4 Å². The number of benzene rings is 7. The SMILES string of the molecule is C[N+]1(C)CCC(c2ccccc2)=C(c2ccc3ccccc3c2)[B-]1(c1ccc2ccccc2c1)c1ccc2ccccc2c1. The van der Waals surface area contributed by atoms with Gasteiger partial charge in [0, 0.05) is 27.1 Å². The highest BCUT2D eigenvalue weighted by molar-refractivity contribution is 7.11. The van der Waals surface area contributed by atoms with Crippen LogP contribution in [0.4, 0.5) is 0 Å². The van der Waals surface area contributed by atoms with Gasteiger partial charge in [-0.1, -0.05) is 163 Å². The molecule has 0 atom stereocenters. The van der Waals surface area contributed by atoms with Crippen molar-refractivity contribution in [1.82, 2.24) is 0 Å². The van der Waals surface area contributed by atoms with Crippen LogP contribution in [0.25, 0.3) is 43.4 Å².